The molecule has 21 heavy (non-hydrogen) atoms. The molecule has 7 heteroatoms. The van der Waals surface area contributed by atoms with Gasteiger partial charge in [0.05, 0.1) is 4.92 Å². The average molecular weight is 293 g/mol. The van der Waals surface area contributed by atoms with Crippen molar-refractivity contribution in [3.05, 3.63) is 15.8 Å². The van der Waals surface area contributed by atoms with Crippen LogP contribution in [-0.2, 0) is 0 Å². The maximum absolute atomic E-state index is 11.2. The molecule has 2 unspecified atom stereocenters. The van der Waals surface area contributed by atoms with Crippen molar-refractivity contribution in [2.75, 3.05) is 24.2 Å². The molecule has 7 nitrogen and oxygen atoms in total. The van der Waals surface area contributed by atoms with Crippen LogP contribution in [0.25, 0.3) is 0 Å². The molecule has 1 fully saturated rings. The molecular formula is C14H23N5O2. The van der Waals surface area contributed by atoms with Crippen LogP contribution >= 0.6 is 0 Å². The summed E-state index contributed by atoms with van der Waals surface area (Å²) < 4.78 is 0. The molecule has 1 aromatic heterocycles. The molecule has 1 aliphatic rings. The van der Waals surface area contributed by atoms with Gasteiger partial charge >= 0.3 is 5.69 Å². The Balaban J connectivity index is 2.17. The highest BCUT2D eigenvalue weighted by atomic mass is 16.6. The second-order valence-electron chi connectivity index (χ2n) is 5.74. The molecule has 0 amide bonds. The summed E-state index contributed by atoms with van der Waals surface area (Å²) in [7, 11) is 1.70. The molecule has 0 saturated heterocycles. The number of nitro groups is 1. The average Bonchev–Trinajstić information content (AvgIpc) is 2.45. The van der Waals surface area contributed by atoms with E-state index in [9.17, 15) is 10.1 Å². The third-order valence-corrected chi connectivity index (χ3v) is 4.29. The van der Waals surface area contributed by atoms with E-state index in [0.29, 0.717) is 29.3 Å². The van der Waals surface area contributed by atoms with Crippen molar-refractivity contribution in [3.63, 3.8) is 0 Å². The Morgan fingerprint density at radius 2 is 2.05 bits per heavy atom. The van der Waals surface area contributed by atoms with E-state index in [0.717, 1.165) is 6.54 Å². The lowest BCUT2D eigenvalue weighted by atomic mass is 9.80. The monoisotopic (exact) mass is 293 g/mol. The molecule has 1 saturated carbocycles. The minimum atomic E-state index is -0.415. The van der Waals surface area contributed by atoms with Crippen LogP contribution in [0.15, 0.2) is 0 Å². The maximum atomic E-state index is 11.2. The van der Waals surface area contributed by atoms with Gasteiger partial charge in [0.25, 0.3) is 0 Å². The summed E-state index contributed by atoms with van der Waals surface area (Å²) in [5.74, 6) is 1.91. The number of rotatable bonds is 5. The number of hydrogen-bond donors (Lipinski definition) is 2. The Morgan fingerprint density at radius 1 is 1.33 bits per heavy atom. The number of hydrogen-bond acceptors (Lipinski definition) is 6. The second kappa shape index (κ2) is 6.69. The minimum Gasteiger partial charge on any atom is -0.364 e. The van der Waals surface area contributed by atoms with E-state index >= 15 is 0 Å². The van der Waals surface area contributed by atoms with E-state index in [1.54, 1.807) is 14.0 Å². The SMILES string of the molecule is CNc1nc(C)c([N+](=O)[O-])c(NCC2CCCCC2C)n1. The first-order valence-corrected chi connectivity index (χ1v) is 7.47. The van der Waals surface area contributed by atoms with Crippen molar-refractivity contribution in [1.82, 2.24) is 9.97 Å². The van der Waals surface area contributed by atoms with Gasteiger partial charge in [0.1, 0.15) is 5.69 Å². The normalized spacial score (nSPS) is 21.9. The van der Waals surface area contributed by atoms with Gasteiger partial charge in [-0.25, -0.2) is 4.98 Å². The molecule has 0 bridgehead atoms. The largest absolute Gasteiger partial charge is 0.364 e. The highest BCUT2D eigenvalue weighted by Gasteiger charge is 2.25. The van der Waals surface area contributed by atoms with Crippen molar-refractivity contribution in [1.29, 1.82) is 0 Å². The third kappa shape index (κ3) is 3.59. The topological polar surface area (TPSA) is 93.0 Å². The molecule has 2 N–H and O–H groups in total. The molecule has 0 radical (unpaired) electrons. The van der Waals surface area contributed by atoms with E-state index in [2.05, 4.69) is 27.5 Å². The second-order valence-corrected chi connectivity index (χ2v) is 5.74. The zero-order valence-electron chi connectivity index (χ0n) is 12.8. The number of aromatic nitrogens is 2. The number of nitrogens with one attached hydrogen (secondary N) is 2. The molecule has 1 aromatic rings. The molecule has 0 spiro atoms. The number of nitrogens with zero attached hydrogens (tertiary/aromatic N) is 3. The van der Waals surface area contributed by atoms with Gasteiger partial charge in [0, 0.05) is 13.6 Å². The fourth-order valence-electron chi connectivity index (χ4n) is 2.94. The fourth-order valence-corrected chi connectivity index (χ4v) is 2.94. The van der Waals surface area contributed by atoms with Crippen LogP contribution in [0, 0.1) is 28.9 Å². The van der Waals surface area contributed by atoms with E-state index in [1.165, 1.54) is 25.7 Å². The fraction of sp³-hybridized carbons (Fsp3) is 0.714. The van der Waals surface area contributed by atoms with E-state index in [1.807, 2.05) is 0 Å². The summed E-state index contributed by atoms with van der Waals surface area (Å²) >= 11 is 0. The predicted molar refractivity (Wildman–Crippen MR) is 82.6 cm³/mol. The van der Waals surface area contributed by atoms with Crippen LogP contribution in [0.5, 0.6) is 0 Å². The van der Waals surface area contributed by atoms with Gasteiger partial charge in [-0.3, -0.25) is 10.1 Å². The maximum Gasteiger partial charge on any atom is 0.332 e. The first kappa shape index (κ1) is 15.5. The van der Waals surface area contributed by atoms with E-state index < -0.39 is 4.92 Å². The van der Waals surface area contributed by atoms with E-state index in [4.69, 9.17) is 0 Å². The van der Waals surface area contributed by atoms with Crippen molar-refractivity contribution in [2.24, 2.45) is 11.8 Å². The summed E-state index contributed by atoms with van der Waals surface area (Å²) in [6.07, 6.45) is 4.93. The van der Waals surface area contributed by atoms with Crippen LogP contribution in [-0.4, -0.2) is 28.5 Å². The van der Waals surface area contributed by atoms with Gasteiger partial charge in [-0.1, -0.05) is 26.2 Å². The Bertz CT molecular complexity index is 520. The van der Waals surface area contributed by atoms with Crippen molar-refractivity contribution < 1.29 is 4.92 Å². The van der Waals surface area contributed by atoms with Crippen LogP contribution < -0.4 is 10.6 Å². The number of aryl methyl sites for hydroxylation is 1. The molecule has 1 aliphatic carbocycles. The standard InChI is InChI=1S/C14H23N5O2/c1-9-6-4-5-7-11(9)8-16-13-12(19(20)21)10(2)17-14(15-3)18-13/h9,11H,4-8H2,1-3H3,(H2,15,16,17,18). The Kier molecular flexibility index (Phi) is 4.93. The molecule has 2 rings (SSSR count). The molecule has 0 aromatic carbocycles. The zero-order chi connectivity index (χ0) is 15.4. The zero-order valence-corrected chi connectivity index (χ0v) is 12.8. The third-order valence-electron chi connectivity index (χ3n) is 4.29. The van der Waals surface area contributed by atoms with Crippen LogP contribution in [0.3, 0.4) is 0 Å². The first-order valence-electron chi connectivity index (χ1n) is 7.47. The lowest BCUT2D eigenvalue weighted by Gasteiger charge is -2.28. The summed E-state index contributed by atoms with van der Waals surface area (Å²) in [6.45, 7) is 4.61. The van der Waals surface area contributed by atoms with Crippen LogP contribution in [0.1, 0.15) is 38.3 Å². The van der Waals surface area contributed by atoms with E-state index in [-0.39, 0.29) is 5.69 Å². The smallest absolute Gasteiger partial charge is 0.332 e. The number of anilines is 2. The van der Waals surface area contributed by atoms with Crippen molar-refractivity contribution >= 4 is 17.5 Å². The lowest BCUT2D eigenvalue weighted by molar-refractivity contribution is -0.385. The van der Waals surface area contributed by atoms with Gasteiger partial charge < -0.3 is 10.6 Å². The van der Waals surface area contributed by atoms with Crippen molar-refractivity contribution in [2.45, 2.75) is 39.5 Å². The summed E-state index contributed by atoms with van der Waals surface area (Å²) in [6, 6.07) is 0. The van der Waals surface area contributed by atoms with Gasteiger partial charge in [0.15, 0.2) is 0 Å². The molecular weight excluding hydrogens is 270 g/mol. The minimum absolute atomic E-state index is 0.0301. The summed E-state index contributed by atoms with van der Waals surface area (Å²) in [5.41, 5.74) is 0.344. The van der Waals surface area contributed by atoms with Crippen molar-refractivity contribution in [3.8, 4) is 0 Å². The van der Waals surface area contributed by atoms with Gasteiger partial charge in [-0.15, -0.1) is 0 Å². The highest BCUT2D eigenvalue weighted by molar-refractivity contribution is 5.60. The summed E-state index contributed by atoms with van der Waals surface area (Å²) in [4.78, 5) is 19.1. The Morgan fingerprint density at radius 3 is 2.67 bits per heavy atom. The first-order chi connectivity index (χ1) is 10.0. The predicted octanol–water partition coefficient (Wildman–Crippen LogP) is 2.97. The molecule has 0 aliphatic heterocycles. The Labute approximate surface area is 124 Å². The van der Waals surface area contributed by atoms with Gasteiger partial charge in [-0.05, 0) is 25.2 Å². The summed E-state index contributed by atoms with van der Waals surface area (Å²) in [5, 5.41) is 17.2. The molecule has 116 valence electrons. The van der Waals surface area contributed by atoms with Crippen LogP contribution in [0.2, 0.25) is 0 Å². The quantitative estimate of drug-likeness (QED) is 0.640. The highest BCUT2D eigenvalue weighted by Crippen LogP contribution is 2.31. The Hall–Kier alpha value is -1.92. The lowest BCUT2D eigenvalue weighted by Crippen LogP contribution is -2.25. The van der Waals surface area contributed by atoms with Gasteiger partial charge in [-0.2, -0.15) is 4.98 Å². The molecule has 1 heterocycles. The molecule has 2 atom stereocenters. The van der Waals surface area contributed by atoms with Crippen LogP contribution in [0.4, 0.5) is 17.5 Å². The van der Waals surface area contributed by atoms with Gasteiger partial charge in [0.2, 0.25) is 11.8 Å².